The highest BCUT2D eigenvalue weighted by atomic mass is 35.5. The van der Waals surface area contributed by atoms with Crippen LogP contribution in [0.15, 0.2) is 18.2 Å². The summed E-state index contributed by atoms with van der Waals surface area (Å²) in [6, 6.07) is 4.65. The maximum atomic E-state index is 11.7. The zero-order valence-corrected chi connectivity index (χ0v) is 13.3. The van der Waals surface area contributed by atoms with Crippen molar-refractivity contribution in [2.75, 3.05) is 18.5 Å². The van der Waals surface area contributed by atoms with Crippen LogP contribution >= 0.6 is 23.2 Å². The molecule has 1 aromatic carbocycles. The molecule has 2 rings (SSSR count). The van der Waals surface area contributed by atoms with Gasteiger partial charge in [0.05, 0.1) is 6.10 Å². The number of benzene rings is 1. The fourth-order valence-electron chi connectivity index (χ4n) is 2.38. The summed E-state index contributed by atoms with van der Waals surface area (Å²) < 4.78 is 5.73. The third-order valence-corrected chi connectivity index (χ3v) is 3.82. The molecule has 116 valence electrons. The lowest BCUT2D eigenvalue weighted by Crippen LogP contribution is -2.30. The first-order chi connectivity index (χ1) is 10.1. The second-order valence-electron chi connectivity index (χ2n) is 5.17. The van der Waals surface area contributed by atoms with Gasteiger partial charge in [-0.25, -0.2) is 4.79 Å². The van der Waals surface area contributed by atoms with E-state index in [9.17, 15) is 4.79 Å². The van der Waals surface area contributed by atoms with Crippen LogP contribution in [0.2, 0.25) is 10.0 Å². The van der Waals surface area contributed by atoms with E-state index in [-0.39, 0.29) is 6.03 Å². The largest absolute Gasteiger partial charge is 0.378 e. The van der Waals surface area contributed by atoms with E-state index in [1.807, 2.05) is 0 Å². The lowest BCUT2D eigenvalue weighted by molar-refractivity contribution is 0.0572. The normalized spacial score (nSPS) is 15.1. The second-order valence-corrected chi connectivity index (χ2v) is 6.04. The number of anilines is 1. The number of carbonyl (C=O) groups is 1. The molecule has 2 amide bonds. The van der Waals surface area contributed by atoms with Crippen LogP contribution in [0.4, 0.5) is 10.5 Å². The molecule has 0 aromatic heterocycles. The smallest absolute Gasteiger partial charge is 0.319 e. The molecule has 1 aliphatic rings. The average Bonchev–Trinajstić information content (AvgIpc) is 2.90. The van der Waals surface area contributed by atoms with Gasteiger partial charge in [0.1, 0.15) is 0 Å². The number of hydrogen-bond acceptors (Lipinski definition) is 2. The van der Waals surface area contributed by atoms with Gasteiger partial charge >= 0.3 is 6.03 Å². The van der Waals surface area contributed by atoms with E-state index >= 15 is 0 Å². The van der Waals surface area contributed by atoms with Gasteiger partial charge in [-0.05, 0) is 37.5 Å². The first kappa shape index (κ1) is 16.4. The van der Waals surface area contributed by atoms with Gasteiger partial charge in [0.15, 0.2) is 0 Å². The molecule has 0 bridgehead atoms. The van der Waals surface area contributed by atoms with Gasteiger partial charge in [-0.1, -0.05) is 36.0 Å². The van der Waals surface area contributed by atoms with Crippen molar-refractivity contribution in [2.24, 2.45) is 0 Å². The van der Waals surface area contributed by atoms with Crippen LogP contribution in [0.25, 0.3) is 0 Å². The predicted molar refractivity (Wildman–Crippen MR) is 86.3 cm³/mol. The van der Waals surface area contributed by atoms with E-state index in [1.165, 1.54) is 25.7 Å². The number of hydrogen-bond donors (Lipinski definition) is 2. The molecular formula is C15H20Cl2N2O2. The SMILES string of the molecule is O=C(NCCCOC1CCCC1)Nc1cc(Cl)cc(Cl)c1. The van der Waals surface area contributed by atoms with Gasteiger partial charge in [0.25, 0.3) is 0 Å². The van der Waals surface area contributed by atoms with Crippen LogP contribution in [0.3, 0.4) is 0 Å². The van der Waals surface area contributed by atoms with Gasteiger partial charge < -0.3 is 15.4 Å². The van der Waals surface area contributed by atoms with Gasteiger partial charge in [0, 0.05) is 28.9 Å². The summed E-state index contributed by atoms with van der Waals surface area (Å²) in [5.41, 5.74) is 0.576. The summed E-state index contributed by atoms with van der Waals surface area (Å²) in [6.07, 6.45) is 6.11. The van der Waals surface area contributed by atoms with Crippen molar-refractivity contribution >= 4 is 34.9 Å². The number of rotatable bonds is 6. The standard InChI is InChI=1S/C15H20Cl2N2O2/c16-11-8-12(17)10-13(9-11)19-15(20)18-6-3-7-21-14-4-1-2-5-14/h8-10,14H,1-7H2,(H2,18,19,20). The van der Waals surface area contributed by atoms with Crippen molar-refractivity contribution in [3.8, 4) is 0 Å². The summed E-state index contributed by atoms with van der Waals surface area (Å²) >= 11 is 11.7. The Morgan fingerprint density at radius 3 is 2.52 bits per heavy atom. The lowest BCUT2D eigenvalue weighted by atomic mass is 10.3. The van der Waals surface area contributed by atoms with Crippen molar-refractivity contribution in [3.63, 3.8) is 0 Å². The highest BCUT2D eigenvalue weighted by molar-refractivity contribution is 6.35. The van der Waals surface area contributed by atoms with Gasteiger partial charge in [0.2, 0.25) is 0 Å². The van der Waals surface area contributed by atoms with Gasteiger partial charge in [-0.15, -0.1) is 0 Å². The molecule has 2 N–H and O–H groups in total. The summed E-state index contributed by atoms with van der Waals surface area (Å²) in [6.45, 7) is 1.26. The molecule has 21 heavy (non-hydrogen) atoms. The molecule has 1 fully saturated rings. The van der Waals surface area contributed by atoms with Crippen LogP contribution in [0.5, 0.6) is 0 Å². The average molecular weight is 331 g/mol. The predicted octanol–water partition coefficient (Wildman–Crippen LogP) is 4.46. The maximum Gasteiger partial charge on any atom is 0.319 e. The third-order valence-electron chi connectivity index (χ3n) is 3.38. The van der Waals surface area contributed by atoms with Crippen molar-refractivity contribution in [3.05, 3.63) is 28.2 Å². The van der Waals surface area contributed by atoms with Crippen molar-refractivity contribution < 1.29 is 9.53 Å². The highest BCUT2D eigenvalue weighted by Crippen LogP contribution is 2.22. The Labute approximate surface area is 135 Å². The van der Waals surface area contributed by atoms with Gasteiger partial charge in [-0.2, -0.15) is 0 Å². The number of urea groups is 1. The molecule has 4 nitrogen and oxygen atoms in total. The van der Waals surface area contributed by atoms with Crippen molar-refractivity contribution in [1.82, 2.24) is 5.32 Å². The monoisotopic (exact) mass is 330 g/mol. The fraction of sp³-hybridized carbons (Fsp3) is 0.533. The molecular weight excluding hydrogens is 311 g/mol. The quantitative estimate of drug-likeness (QED) is 0.756. The molecule has 0 saturated heterocycles. The summed E-state index contributed by atoms with van der Waals surface area (Å²) in [7, 11) is 0. The van der Waals surface area contributed by atoms with E-state index in [1.54, 1.807) is 18.2 Å². The molecule has 0 spiro atoms. The van der Waals surface area contributed by atoms with Crippen LogP contribution in [-0.2, 0) is 4.74 Å². The van der Waals surface area contributed by atoms with E-state index in [2.05, 4.69) is 10.6 Å². The molecule has 0 unspecified atom stereocenters. The van der Waals surface area contributed by atoms with E-state index in [4.69, 9.17) is 27.9 Å². The molecule has 0 heterocycles. The Kier molecular flexibility index (Phi) is 6.61. The molecule has 1 saturated carbocycles. The number of halogens is 2. The molecule has 6 heteroatoms. The molecule has 1 aliphatic carbocycles. The lowest BCUT2D eigenvalue weighted by Gasteiger charge is -2.11. The highest BCUT2D eigenvalue weighted by Gasteiger charge is 2.14. The number of nitrogens with one attached hydrogen (secondary N) is 2. The van der Waals surface area contributed by atoms with Crippen LogP contribution in [0, 0.1) is 0 Å². The van der Waals surface area contributed by atoms with Crippen LogP contribution < -0.4 is 10.6 Å². The molecule has 0 radical (unpaired) electrons. The Morgan fingerprint density at radius 2 is 1.86 bits per heavy atom. The molecule has 1 aromatic rings. The Balaban J connectivity index is 1.60. The number of carbonyl (C=O) groups excluding carboxylic acids is 1. The summed E-state index contributed by atoms with van der Waals surface area (Å²) in [4.78, 5) is 11.7. The molecule has 0 atom stereocenters. The van der Waals surface area contributed by atoms with E-state index in [0.29, 0.717) is 35.0 Å². The van der Waals surface area contributed by atoms with E-state index in [0.717, 1.165) is 6.42 Å². The van der Waals surface area contributed by atoms with Crippen LogP contribution in [0.1, 0.15) is 32.1 Å². The zero-order valence-electron chi connectivity index (χ0n) is 11.8. The first-order valence-electron chi connectivity index (χ1n) is 7.26. The Morgan fingerprint density at radius 1 is 1.19 bits per heavy atom. The van der Waals surface area contributed by atoms with Crippen molar-refractivity contribution in [1.29, 1.82) is 0 Å². The minimum Gasteiger partial charge on any atom is -0.378 e. The summed E-state index contributed by atoms with van der Waals surface area (Å²) in [5, 5.41) is 6.45. The number of amides is 2. The molecule has 0 aliphatic heterocycles. The third kappa shape index (κ3) is 6.12. The van der Waals surface area contributed by atoms with Crippen LogP contribution in [-0.4, -0.2) is 25.3 Å². The Bertz CT molecular complexity index is 456. The second kappa shape index (κ2) is 8.47. The van der Waals surface area contributed by atoms with Crippen molar-refractivity contribution in [2.45, 2.75) is 38.2 Å². The first-order valence-corrected chi connectivity index (χ1v) is 8.01. The Hall–Kier alpha value is -0.970. The topological polar surface area (TPSA) is 50.4 Å². The zero-order chi connectivity index (χ0) is 15.1. The van der Waals surface area contributed by atoms with E-state index < -0.39 is 0 Å². The van der Waals surface area contributed by atoms with Gasteiger partial charge in [-0.3, -0.25) is 0 Å². The minimum atomic E-state index is -0.269. The summed E-state index contributed by atoms with van der Waals surface area (Å²) in [5.74, 6) is 0. The maximum absolute atomic E-state index is 11.7. The number of ether oxygens (including phenoxy) is 1. The fourth-order valence-corrected chi connectivity index (χ4v) is 2.91. The minimum absolute atomic E-state index is 0.269.